The highest BCUT2D eigenvalue weighted by molar-refractivity contribution is 7.09. The van der Waals surface area contributed by atoms with E-state index >= 15 is 0 Å². The fourth-order valence-corrected chi connectivity index (χ4v) is 2.07. The highest BCUT2D eigenvalue weighted by atomic mass is 32.1. The fraction of sp³-hybridized carbons (Fsp3) is 0.545. The van der Waals surface area contributed by atoms with E-state index in [1.54, 1.807) is 11.3 Å². The summed E-state index contributed by atoms with van der Waals surface area (Å²) < 4.78 is 4.69. The van der Waals surface area contributed by atoms with E-state index in [-0.39, 0.29) is 12.0 Å². The number of thiophene rings is 1. The van der Waals surface area contributed by atoms with Crippen molar-refractivity contribution in [3.8, 4) is 0 Å². The lowest BCUT2D eigenvalue weighted by atomic mass is 10.2. The van der Waals surface area contributed by atoms with E-state index in [0.29, 0.717) is 0 Å². The Labute approximate surface area is 94.5 Å². The van der Waals surface area contributed by atoms with Gasteiger partial charge in [-0.3, -0.25) is 4.79 Å². The lowest BCUT2D eigenvalue weighted by molar-refractivity contribution is -0.143. The van der Waals surface area contributed by atoms with Gasteiger partial charge in [-0.25, -0.2) is 0 Å². The Morgan fingerprint density at radius 2 is 2.47 bits per heavy atom. The Hall–Kier alpha value is -0.870. The molecule has 1 N–H and O–H groups in total. The van der Waals surface area contributed by atoms with Gasteiger partial charge in [0.05, 0.1) is 7.11 Å². The predicted octanol–water partition coefficient (Wildman–Crippen LogP) is 1.83. The summed E-state index contributed by atoms with van der Waals surface area (Å²) in [4.78, 5) is 12.6. The van der Waals surface area contributed by atoms with Crippen LogP contribution in [0.1, 0.15) is 18.2 Å². The van der Waals surface area contributed by atoms with Crippen molar-refractivity contribution in [2.24, 2.45) is 0 Å². The van der Waals surface area contributed by atoms with E-state index in [1.165, 1.54) is 12.0 Å². The van der Waals surface area contributed by atoms with Gasteiger partial charge in [0.2, 0.25) is 0 Å². The van der Waals surface area contributed by atoms with E-state index in [1.807, 2.05) is 13.0 Å². The van der Waals surface area contributed by atoms with E-state index in [0.717, 1.165) is 19.4 Å². The van der Waals surface area contributed by atoms with E-state index < -0.39 is 0 Å². The number of esters is 1. The molecule has 0 radical (unpaired) electrons. The van der Waals surface area contributed by atoms with Crippen LogP contribution in [0.2, 0.25) is 0 Å². The summed E-state index contributed by atoms with van der Waals surface area (Å²) >= 11 is 1.74. The van der Waals surface area contributed by atoms with Crippen molar-refractivity contribution in [1.82, 2.24) is 5.32 Å². The molecular weight excluding hydrogens is 210 g/mol. The molecule has 0 saturated heterocycles. The lowest BCUT2D eigenvalue weighted by Crippen LogP contribution is -2.38. The first-order valence-electron chi connectivity index (χ1n) is 5.11. The molecule has 0 aliphatic heterocycles. The molecule has 1 atom stereocenters. The van der Waals surface area contributed by atoms with Crippen LogP contribution >= 0.6 is 11.3 Å². The second kappa shape index (κ2) is 6.58. The third-order valence-electron chi connectivity index (χ3n) is 2.24. The average molecular weight is 227 g/mol. The van der Waals surface area contributed by atoms with Gasteiger partial charge in [-0.1, -0.05) is 13.0 Å². The number of carbonyl (C=O) groups excluding carboxylic acids is 1. The van der Waals surface area contributed by atoms with Gasteiger partial charge in [-0.05, 0) is 24.3 Å². The van der Waals surface area contributed by atoms with Crippen molar-refractivity contribution in [1.29, 1.82) is 0 Å². The van der Waals surface area contributed by atoms with Crippen molar-refractivity contribution in [3.05, 3.63) is 22.4 Å². The first kappa shape index (κ1) is 12.2. The predicted molar refractivity (Wildman–Crippen MR) is 62.1 cm³/mol. The van der Waals surface area contributed by atoms with Gasteiger partial charge in [-0.2, -0.15) is 0 Å². The number of nitrogens with one attached hydrogen (secondary N) is 1. The fourth-order valence-electron chi connectivity index (χ4n) is 1.36. The second-order valence-electron chi connectivity index (χ2n) is 3.27. The highest BCUT2D eigenvalue weighted by Gasteiger charge is 2.15. The molecule has 0 aliphatic carbocycles. The zero-order chi connectivity index (χ0) is 11.1. The summed E-state index contributed by atoms with van der Waals surface area (Å²) in [6, 6.07) is 3.97. The molecular formula is C11H17NO2S. The van der Waals surface area contributed by atoms with Crippen LogP contribution in [-0.2, 0) is 16.0 Å². The maximum absolute atomic E-state index is 11.3. The molecule has 0 amide bonds. The molecule has 1 unspecified atom stereocenters. The van der Waals surface area contributed by atoms with Gasteiger partial charge in [0.1, 0.15) is 6.04 Å². The molecule has 0 saturated carbocycles. The molecule has 0 fully saturated rings. The summed E-state index contributed by atoms with van der Waals surface area (Å²) in [5, 5.41) is 5.25. The van der Waals surface area contributed by atoms with Crippen LogP contribution in [0.4, 0.5) is 0 Å². The van der Waals surface area contributed by atoms with Gasteiger partial charge in [0.25, 0.3) is 0 Å². The first-order chi connectivity index (χ1) is 7.27. The third-order valence-corrected chi connectivity index (χ3v) is 3.17. The van der Waals surface area contributed by atoms with Crippen LogP contribution in [0.15, 0.2) is 17.5 Å². The molecule has 1 rings (SSSR count). The standard InChI is InChI=1S/C11H17NO2S/c1-3-10(11(13)14-2)12-7-6-9-5-4-8-15-9/h4-5,8,10,12H,3,6-7H2,1-2H3. The topological polar surface area (TPSA) is 38.3 Å². The Balaban J connectivity index is 2.26. The molecule has 0 bridgehead atoms. The number of ether oxygens (including phenoxy) is 1. The molecule has 1 aromatic rings. The summed E-state index contributed by atoms with van der Waals surface area (Å²) in [6.45, 7) is 2.79. The Kier molecular flexibility index (Phi) is 5.36. The molecule has 84 valence electrons. The molecule has 0 aromatic carbocycles. The van der Waals surface area contributed by atoms with Crippen LogP contribution in [0.5, 0.6) is 0 Å². The maximum atomic E-state index is 11.3. The number of methoxy groups -OCH3 is 1. The minimum atomic E-state index is -0.177. The monoisotopic (exact) mass is 227 g/mol. The number of rotatable bonds is 6. The first-order valence-corrected chi connectivity index (χ1v) is 5.99. The van der Waals surface area contributed by atoms with Gasteiger partial charge < -0.3 is 10.1 Å². The molecule has 1 heterocycles. The zero-order valence-electron chi connectivity index (χ0n) is 9.16. The molecule has 0 aliphatic rings. The summed E-state index contributed by atoms with van der Waals surface area (Å²) in [6.07, 6.45) is 1.72. The van der Waals surface area contributed by atoms with Gasteiger partial charge in [0.15, 0.2) is 0 Å². The highest BCUT2D eigenvalue weighted by Crippen LogP contribution is 2.08. The Morgan fingerprint density at radius 3 is 3.00 bits per heavy atom. The van der Waals surface area contributed by atoms with Crippen molar-refractivity contribution in [3.63, 3.8) is 0 Å². The van der Waals surface area contributed by atoms with Crippen molar-refractivity contribution < 1.29 is 9.53 Å². The average Bonchev–Trinajstić information content (AvgIpc) is 2.76. The zero-order valence-corrected chi connectivity index (χ0v) is 9.97. The SMILES string of the molecule is CCC(NCCc1cccs1)C(=O)OC. The summed E-state index contributed by atoms with van der Waals surface area (Å²) in [5.74, 6) is -0.177. The van der Waals surface area contributed by atoms with E-state index in [2.05, 4.69) is 16.8 Å². The second-order valence-corrected chi connectivity index (χ2v) is 4.30. The lowest BCUT2D eigenvalue weighted by Gasteiger charge is -2.13. The minimum Gasteiger partial charge on any atom is -0.468 e. The Morgan fingerprint density at radius 1 is 1.67 bits per heavy atom. The molecule has 1 aromatic heterocycles. The maximum Gasteiger partial charge on any atom is 0.322 e. The largest absolute Gasteiger partial charge is 0.468 e. The normalized spacial score (nSPS) is 12.4. The molecule has 3 nitrogen and oxygen atoms in total. The molecule has 15 heavy (non-hydrogen) atoms. The van der Waals surface area contributed by atoms with E-state index in [4.69, 9.17) is 4.74 Å². The van der Waals surface area contributed by atoms with Crippen LogP contribution in [0.25, 0.3) is 0 Å². The van der Waals surface area contributed by atoms with Crippen molar-refractivity contribution in [2.45, 2.75) is 25.8 Å². The smallest absolute Gasteiger partial charge is 0.322 e. The number of hydrogen-bond acceptors (Lipinski definition) is 4. The third kappa shape index (κ3) is 4.01. The number of hydrogen-bond donors (Lipinski definition) is 1. The summed E-state index contributed by atoms with van der Waals surface area (Å²) in [5.41, 5.74) is 0. The summed E-state index contributed by atoms with van der Waals surface area (Å²) in [7, 11) is 1.42. The molecule has 4 heteroatoms. The van der Waals surface area contributed by atoms with Gasteiger partial charge in [-0.15, -0.1) is 11.3 Å². The van der Waals surface area contributed by atoms with Crippen molar-refractivity contribution >= 4 is 17.3 Å². The van der Waals surface area contributed by atoms with Gasteiger partial charge >= 0.3 is 5.97 Å². The van der Waals surface area contributed by atoms with Crippen LogP contribution < -0.4 is 5.32 Å². The minimum absolute atomic E-state index is 0.171. The van der Waals surface area contributed by atoms with Crippen LogP contribution in [0.3, 0.4) is 0 Å². The van der Waals surface area contributed by atoms with E-state index in [9.17, 15) is 4.79 Å². The van der Waals surface area contributed by atoms with Crippen LogP contribution in [0, 0.1) is 0 Å². The van der Waals surface area contributed by atoms with Crippen LogP contribution in [-0.4, -0.2) is 25.7 Å². The molecule has 0 spiro atoms. The number of carbonyl (C=O) groups is 1. The quantitative estimate of drug-likeness (QED) is 0.754. The van der Waals surface area contributed by atoms with Crippen molar-refractivity contribution in [2.75, 3.05) is 13.7 Å². The Bertz CT molecular complexity index is 285. The van der Waals surface area contributed by atoms with Gasteiger partial charge in [0, 0.05) is 11.4 Å².